The Morgan fingerprint density at radius 3 is 2.62 bits per heavy atom. The molecule has 6 nitrogen and oxygen atoms in total. The summed E-state index contributed by atoms with van der Waals surface area (Å²) in [6.45, 7) is 5.78. The number of nitrogens with zero attached hydrogens (tertiary/aromatic N) is 2. The second-order valence-corrected chi connectivity index (χ2v) is 12.6. The van der Waals surface area contributed by atoms with E-state index >= 15 is 0 Å². The van der Waals surface area contributed by atoms with Crippen LogP contribution in [0.25, 0.3) is 5.57 Å². The maximum atomic E-state index is 13.7. The van der Waals surface area contributed by atoms with Crippen molar-refractivity contribution in [3.05, 3.63) is 29.8 Å². The smallest absolute Gasteiger partial charge is 0.247 e. The normalized spacial score (nSPS) is 26.9. The van der Waals surface area contributed by atoms with E-state index < -0.39 is 16.1 Å². The number of ether oxygens (including phenoxy) is 1. The molecule has 0 amide bonds. The fourth-order valence-electron chi connectivity index (χ4n) is 5.76. The average Bonchev–Trinajstić information content (AvgIpc) is 3.34. The Kier molecular flexibility index (Phi) is 8.39. The predicted octanol–water partition coefficient (Wildman–Crippen LogP) is 4.53. The highest BCUT2D eigenvalue weighted by molar-refractivity contribution is 7.89. The third kappa shape index (κ3) is 5.69. The van der Waals surface area contributed by atoms with E-state index in [1.807, 2.05) is 12.1 Å². The highest BCUT2D eigenvalue weighted by atomic mass is 32.2. The molecule has 0 bridgehead atoms. The molecular weight excluding hydrogens is 448 g/mol. The van der Waals surface area contributed by atoms with E-state index in [4.69, 9.17) is 4.74 Å². The molecule has 3 aliphatic rings. The number of benzene rings is 1. The summed E-state index contributed by atoms with van der Waals surface area (Å²) in [7, 11) is -1.63. The summed E-state index contributed by atoms with van der Waals surface area (Å²) in [6.07, 6.45) is 11.8. The predicted molar refractivity (Wildman–Crippen MR) is 136 cm³/mol. The van der Waals surface area contributed by atoms with Crippen molar-refractivity contribution in [3.63, 3.8) is 0 Å². The number of rotatable bonds is 7. The Morgan fingerprint density at radius 2 is 1.94 bits per heavy atom. The molecule has 1 N–H and O–H groups in total. The van der Waals surface area contributed by atoms with E-state index in [9.17, 15) is 13.5 Å². The molecule has 1 aromatic rings. The van der Waals surface area contributed by atoms with Crippen LogP contribution in [0.5, 0.6) is 5.75 Å². The van der Waals surface area contributed by atoms with Crippen LogP contribution in [0, 0.1) is 11.8 Å². The van der Waals surface area contributed by atoms with Crippen LogP contribution in [0.1, 0.15) is 70.8 Å². The number of aliphatic hydroxyl groups is 1. The highest BCUT2D eigenvalue weighted by Gasteiger charge is 2.38. The average molecular weight is 491 g/mol. The lowest BCUT2D eigenvalue weighted by Gasteiger charge is -2.38. The molecule has 190 valence electrons. The Hall–Kier alpha value is -1.41. The maximum absolute atomic E-state index is 13.7. The van der Waals surface area contributed by atoms with Gasteiger partial charge in [0.2, 0.25) is 10.0 Å². The third-order valence-corrected chi connectivity index (χ3v) is 9.88. The Bertz CT molecular complexity index is 971. The van der Waals surface area contributed by atoms with Crippen molar-refractivity contribution < 1.29 is 18.3 Å². The van der Waals surface area contributed by atoms with Crippen molar-refractivity contribution in [2.75, 3.05) is 33.3 Å². The summed E-state index contributed by atoms with van der Waals surface area (Å²) >= 11 is 0. The molecule has 0 radical (unpaired) electrons. The van der Waals surface area contributed by atoms with E-state index in [1.165, 1.54) is 42.0 Å². The summed E-state index contributed by atoms with van der Waals surface area (Å²) in [5.74, 6) is 1.18. The molecule has 0 unspecified atom stereocenters. The summed E-state index contributed by atoms with van der Waals surface area (Å²) in [4.78, 5) is 2.57. The minimum atomic E-state index is -3.79. The highest BCUT2D eigenvalue weighted by Crippen LogP contribution is 2.37. The van der Waals surface area contributed by atoms with Gasteiger partial charge in [-0.3, -0.25) is 0 Å². The minimum absolute atomic E-state index is 0.0134. The molecule has 1 saturated carbocycles. The van der Waals surface area contributed by atoms with Gasteiger partial charge in [0.15, 0.2) is 0 Å². The van der Waals surface area contributed by atoms with E-state index in [2.05, 4.69) is 24.9 Å². The molecule has 0 aromatic heterocycles. The van der Waals surface area contributed by atoms with Gasteiger partial charge < -0.3 is 14.7 Å². The molecule has 34 heavy (non-hydrogen) atoms. The van der Waals surface area contributed by atoms with Crippen LogP contribution in [-0.2, 0) is 10.0 Å². The Morgan fingerprint density at radius 1 is 1.18 bits per heavy atom. The molecule has 1 heterocycles. The van der Waals surface area contributed by atoms with Gasteiger partial charge in [0.05, 0.1) is 6.61 Å². The van der Waals surface area contributed by atoms with Gasteiger partial charge in [-0.15, -0.1) is 0 Å². The van der Waals surface area contributed by atoms with Crippen LogP contribution in [0.15, 0.2) is 29.2 Å². The molecule has 1 fully saturated rings. The zero-order chi connectivity index (χ0) is 24.3. The Balaban J connectivity index is 1.67. The third-order valence-electron chi connectivity index (χ3n) is 7.87. The molecule has 2 aliphatic carbocycles. The zero-order valence-corrected chi connectivity index (χ0v) is 21.9. The number of aliphatic hydroxyl groups excluding tert-OH is 1. The van der Waals surface area contributed by atoms with E-state index in [0.717, 1.165) is 43.8 Å². The van der Waals surface area contributed by atoms with Crippen molar-refractivity contribution in [2.24, 2.45) is 11.8 Å². The first-order valence-electron chi connectivity index (χ1n) is 13.1. The summed E-state index contributed by atoms with van der Waals surface area (Å²) in [6, 6.07) is 5.08. The van der Waals surface area contributed by atoms with Crippen LogP contribution in [0.4, 0.5) is 0 Å². The first kappa shape index (κ1) is 25.7. The molecule has 4 rings (SSSR count). The van der Waals surface area contributed by atoms with Gasteiger partial charge in [-0.1, -0.05) is 31.9 Å². The topological polar surface area (TPSA) is 70.1 Å². The lowest BCUT2D eigenvalue weighted by atomic mass is 9.93. The molecular formula is C27H42N2O4S. The molecule has 3 atom stereocenters. The largest absolute Gasteiger partial charge is 0.487 e. The lowest BCUT2D eigenvalue weighted by molar-refractivity contribution is 0.0712. The first-order chi connectivity index (χ1) is 16.3. The van der Waals surface area contributed by atoms with Crippen LogP contribution >= 0.6 is 0 Å². The quantitative estimate of drug-likeness (QED) is 0.608. The first-order valence-corrected chi connectivity index (χ1v) is 14.5. The lowest BCUT2D eigenvalue weighted by Crippen LogP contribution is -2.49. The number of hydrogen-bond donors (Lipinski definition) is 1. The van der Waals surface area contributed by atoms with Crippen LogP contribution < -0.4 is 4.74 Å². The standard InChI is InChI=1S/C27H42N2O4S/c1-20-16-29(21(2)19-30)34(31,32)27-14-13-24(23-11-5-4-6-12-23)15-25(27)33-26(20)18-28(3)17-22-9-7-8-10-22/h11,13-15,20-22,26,30H,4-10,12,16-19H2,1-3H3/t20-,21+,26+/m0/s1. The number of allylic oxidation sites excluding steroid dienone is 2. The monoisotopic (exact) mass is 490 g/mol. The summed E-state index contributed by atoms with van der Waals surface area (Å²) in [5.41, 5.74) is 2.34. The van der Waals surface area contributed by atoms with Crippen molar-refractivity contribution >= 4 is 15.6 Å². The van der Waals surface area contributed by atoms with Gasteiger partial charge in [-0.2, -0.15) is 4.31 Å². The molecule has 7 heteroatoms. The van der Waals surface area contributed by atoms with Gasteiger partial charge in [-0.05, 0) is 81.7 Å². The molecule has 1 aliphatic heterocycles. The number of fused-ring (bicyclic) bond motifs is 1. The van der Waals surface area contributed by atoms with Crippen molar-refractivity contribution in [1.82, 2.24) is 9.21 Å². The van der Waals surface area contributed by atoms with E-state index in [1.54, 1.807) is 13.0 Å². The van der Waals surface area contributed by atoms with Crippen molar-refractivity contribution in [2.45, 2.75) is 82.3 Å². The van der Waals surface area contributed by atoms with E-state index in [0.29, 0.717) is 12.3 Å². The Labute approximate surface area is 206 Å². The number of hydrogen-bond acceptors (Lipinski definition) is 5. The molecule has 0 spiro atoms. The molecule has 1 aromatic carbocycles. The van der Waals surface area contributed by atoms with Crippen molar-refractivity contribution in [1.29, 1.82) is 0 Å². The fourth-order valence-corrected chi connectivity index (χ4v) is 7.58. The van der Waals surface area contributed by atoms with Gasteiger partial charge in [0.1, 0.15) is 16.7 Å². The number of likely N-dealkylation sites (N-methyl/N-ethyl adjacent to an activating group) is 1. The summed E-state index contributed by atoms with van der Waals surface area (Å²) in [5, 5.41) is 9.85. The van der Waals surface area contributed by atoms with Gasteiger partial charge in [-0.25, -0.2) is 8.42 Å². The fraction of sp³-hybridized carbons (Fsp3) is 0.704. The van der Waals surface area contributed by atoms with E-state index in [-0.39, 0.29) is 23.5 Å². The second kappa shape index (κ2) is 11.1. The minimum Gasteiger partial charge on any atom is -0.487 e. The van der Waals surface area contributed by atoms with Crippen molar-refractivity contribution in [3.8, 4) is 5.75 Å². The van der Waals surface area contributed by atoms with Crippen LogP contribution in [0.3, 0.4) is 0 Å². The zero-order valence-electron chi connectivity index (χ0n) is 21.1. The van der Waals surface area contributed by atoms with Gasteiger partial charge in [0.25, 0.3) is 0 Å². The van der Waals surface area contributed by atoms with Gasteiger partial charge in [0, 0.05) is 31.6 Å². The second-order valence-electron chi connectivity index (χ2n) is 10.7. The summed E-state index contributed by atoms with van der Waals surface area (Å²) < 4.78 is 35.4. The maximum Gasteiger partial charge on any atom is 0.247 e. The number of sulfonamides is 1. The van der Waals surface area contributed by atoms with Gasteiger partial charge >= 0.3 is 0 Å². The van der Waals surface area contributed by atoms with Crippen LogP contribution in [0.2, 0.25) is 0 Å². The van der Waals surface area contributed by atoms with Crippen LogP contribution in [-0.4, -0.2) is 68.2 Å². The SMILES string of the molecule is C[C@H](CO)N1C[C@H](C)[C@@H](CN(C)CC2CCCC2)Oc2cc(C3=CCCCC3)ccc2S1(=O)=O. The molecule has 0 saturated heterocycles.